The maximum absolute atomic E-state index is 11.8. The highest BCUT2D eigenvalue weighted by Gasteiger charge is 2.11. The lowest BCUT2D eigenvalue weighted by atomic mass is 10.1. The summed E-state index contributed by atoms with van der Waals surface area (Å²) in [7, 11) is 0. The molecule has 0 atom stereocenters. The number of carbonyl (C=O) groups excluding carboxylic acids is 1. The zero-order valence-electron chi connectivity index (χ0n) is 7.61. The first-order valence-corrected chi connectivity index (χ1v) is 5.38. The van der Waals surface area contributed by atoms with Crippen LogP contribution in [0.5, 0.6) is 0 Å². The van der Waals surface area contributed by atoms with Crippen LogP contribution in [0.1, 0.15) is 15.2 Å². The monoisotopic (exact) mass is 238 g/mol. The number of ketones is 1. The summed E-state index contributed by atoms with van der Waals surface area (Å²) in [5.74, 6) is -0.0825. The van der Waals surface area contributed by atoms with E-state index in [2.05, 4.69) is 4.98 Å². The molecule has 0 amide bonds. The van der Waals surface area contributed by atoms with Gasteiger partial charge in [-0.05, 0) is 24.3 Å². The van der Waals surface area contributed by atoms with Gasteiger partial charge in [0.05, 0.1) is 11.1 Å². The predicted octanol–water partition coefficient (Wildman–Crippen LogP) is 2.61. The lowest BCUT2D eigenvalue weighted by Gasteiger charge is -1.96. The summed E-state index contributed by atoms with van der Waals surface area (Å²) >= 11 is 6.90. The van der Waals surface area contributed by atoms with Crippen molar-refractivity contribution in [3.63, 3.8) is 0 Å². The molecule has 0 aliphatic carbocycles. The molecule has 2 rings (SSSR count). The zero-order valence-corrected chi connectivity index (χ0v) is 9.18. The molecule has 3 nitrogen and oxygen atoms in total. The first-order valence-electron chi connectivity index (χ1n) is 4.18. The summed E-state index contributed by atoms with van der Waals surface area (Å²) in [6.45, 7) is 0. The lowest BCUT2D eigenvalue weighted by molar-refractivity contribution is 0.104. The molecule has 5 heteroatoms. The molecular weight excluding hydrogens is 232 g/mol. The summed E-state index contributed by atoms with van der Waals surface area (Å²) in [5.41, 5.74) is 6.04. The van der Waals surface area contributed by atoms with Crippen LogP contribution in [0.15, 0.2) is 30.5 Å². The van der Waals surface area contributed by atoms with Gasteiger partial charge in [-0.3, -0.25) is 4.79 Å². The van der Waals surface area contributed by atoms with Crippen molar-refractivity contribution < 1.29 is 4.79 Å². The van der Waals surface area contributed by atoms with Crippen molar-refractivity contribution in [1.82, 2.24) is 4.98 Å². The molecule has 0 aliphatic heterocycles. The minimum atomic E-state index is -0.0825. The molecule has 1 aromatic heterocycles. The van der Waals surface area contributed by atoms with Crippen LogP contribution in [0.4, 0.5) is 5.13 Å². The first kappa shape index (κ1) is 10.1. The van der Waals surface area contributed by atoms with Crippen LogP contribution in [0, 0.1) is 0 Å². The largest absolute Gasteiger partial charge is 0.375 e. The molecule has 15 heavy (non-hydrogen) atoms. The normalized spacial score (nSPS) is 10.2. The van der Waals surface area contributed by atoms with Gasteiger partial charge in [-0.2, -0.15) is 0 Å². The number of rotatable bonds is 2. The minimum absolute atomic E-state index is 0.0825. The molecule has 1 aromatic carbocycles. The fourth-order valence-corrected chi connectivity index (χ4v) is 1.91. The highest BCUT2D eigenvalue weighted by atomic mass is 35.5. The van der Waals surface area contributed by atoms with Gasteiger partial charge in [-0.1, -0.05) is 22.9 Å². The summed E-state index contributed by atoms with van der Waals surface area (Å²) < 4.78 is 0. The van der Waals surface area contributed by atoms with Crippen LogP contribution in [-0.2, 0) is 0 Å². The number of aromatic nitrogens is 1. The third kappa shape index (κ3) is 2.16. The number of thiazole rings is 1. The van der Waals surface area contributed by atoms with Gasteiger partial charge >= 0.3 is 0 Å². The van der Waals surface area contributed by atoms with Gasteiger partial charge in [0.15, 0.2) is 5.13 Å². The summed E-state index contributed by atoms with van der Waals surface area (Å²) in [4.78, 5) is 16.2. The Balaban J connectivity index is 2.32. The standard InChI is InChI=1S/C10H7ClN2OS/c11-7-3-1-6(2-4-7)9(14)8-5-13-10(12)15-8/h1-5H,(H2,12,13). The van der Waals surface area contributed by atoms with Gasteiger partial charge in [0.1, 0.15) is 0 Å². The van der Waals surface area contributed by atoms with E-state index in [0.29, 0.717) is 20.6 Å². The number of nitrogen functional groups attached to an aromatic ring is 1. The maximum atomic E-state index is 11.8. The molecule has 0 spiro atoms. The molecule has 0 saturated heterocycles. The summed E-state index contributed by atoms with van der Waals surface area (Å²) in [6, 6.07) is 6.72. The average molecular weight is 239 g/mol. The van der Waals surface area contributed by atoms with Crippen LogP contribution in [0.2, 0.25) is 5.02 Å². The Morgan fingerprint density at radius 2 is 2.00 bits per heavy atom. The van der Waals surface area contributed by atoms with E-state index in [-0.39, 0.29) is 5.78 Å². The molecule has 2 aromatic rings. The van der Waals surface area contributed by atoms with E-state index < -0.39 is 0 Å². The van der Waals surface area contributed by atoms with Gasteiger partial charge in [0.25, 0.3) is 0 Å². The van der Waals surface area contributed by atoms with Crippen molar-refractivity contribution in [2.45, 2.75) is 0 Å². The third-order valence-corrected chi connectivity index (χ3v) is 2.93. The Bertz CT molecular complexity index is 492. The summed E-state index contributed by atoms with van der Waals surface area (Å²) in [5, 5.41) is 1.00. The Morgan fingerprint density at radius 3 is 2.53 bits per heavy atom. The van der Waals surface area contributed by atoms with E-state index in [1.165, 1.54) is 17.5 Å². The van der Waals surface area contributed by atoms with E-state index >= 15 is 0 Å². The highest BCUT2D eigenvalue weighted by molar-refractivity contribution is 7.17. The zero-order chi connectivity index (χ0) is 10.8. The topological polar surface area (TPSA) is 56.0 Å². The number of nitrogens with zero attached hydrogens (tertiary/aromatic N) is 1. The van der Waals surface area contributed by atoms with E-state index in [9.17, 15) is 4.79 Å². The minimum Gasteiger partial charge on any atom is -0.375 e. The lowest BCUT2D eigenvalue weighted by Crippen LogP contribution is -1.97. The fraction of sp³-hybridized carbons (Fsp3) is 0. The Labute approximate surface area is 95.5 Å². The Kier molecular flexibility index (Phi) is 2.70. The Hall–Kier alpha value is -1.39. The smallest absolute Gasteiger partial charge is 0.204 e. The van der Waals surface area contributed by atoms with Crippen molar-refractivity contribution in [3.05, 3.63) is 45.9 Å². The van der Waals surface area contributed by atoms with Crippen molar-refractivity contribution in [2.24, 2.45) is 0 Å². The SMILES string of the molecule is Nc1ncc(C(=O)c2ccc(Cl)cc2)s1. The van der Waals surface area contributed by atoms with Crippen molar-refractivity contribution >= 4 is 33.9 Å². The number of benzene rings is 1. The number of carbonyl (C=O) groups is 1. The second kappa shape index (κ2) is 4.00. The predicted molar refractivity (Wildman–Crippen MR) is 61.4 cm³/mol. The van der Waals surface area contributed by atoms with E-state index in [0.717, 1.165) is 0 Å². The number of hydrogen-bond donors (Lipinski definition) is 1. The molecule has 0 radical (unpaired) electrons. The molecule has 0 bridgehead atoms. The Morgan fingerprint density at radius 1 is 1.33 bits per heavy atom. The van der Waals surface area contributed by atoms with E-state index in [1.807, 2.05) is 0 Å². The van der Waals surface area contributed by atoms with E-state index in [1.54, 1.807) is 24.3 Å². The third-order valence-electron chi connectivity index (χ3n) is 1.85. The molecule has 1 heterocycles. The second-order valence-corrected chi connectivity index (χ2v) is 4.40. The van der Waals surface area contributed by atoms with E-state index in [4.69, 9.17) is 17.3 Å². The van der Waals surface area contributed by atoms with Gasteiger partial charge in [0, 0.05) is 10.6 Å². The van der Waals surface area contributed by atoms with Gasteiger partial charge in [0.2, 0.25) is 5.78 Å². The number of halogens is 1. The van der Waals surface area contributed by atoms with Crippen molar-refractivity contribution in [3.8, 4) is 0 Å². The number of nitrogens with two attached hydrogens (primary N) is 1. The van der Waals surface area contributed by atoms with Crippen LogP contribution >= 0.6 is 22.9 Å². The molecule has 0 saturated carbocycles. The average Bonchev–Trinajstić information content (AvgIpc) is 2.65. The maximum Gasteiger partial charge on any atom is 0.204 e. The molecule has 0 aliphatic rings. The van der Waals surface area contributed by atoms with Gasteiger partial charge in [-0.15, -0.1) is 0 Å². The van der Waals surface area contributed by atoms with Crippen LogP contribution in [0.3, 0.4) is 0 Å². The van der Waals surface area contributed by atoms with Crippen LogP contribution in [-0.4, -0.2) is 10.8 Å². The van der Waals surface area contributed by atoms with Gasteiger partial charge < -0.3 is 5.73 Å². The summed E-state index contributed by atoms with van der Waals surface area (Å²) in [6.07, 6.45) is 1.48. The second-order valence-electron chi connectivity index (χ2n) is 2.90. The quantitative estimate of drug-likeness (QED) is 0.819. The van der Waals surface area contributed by atoms with Crippen molar-refractivity contribution in [1.29, 1.82) is 0 Å². The molecule has 76 valence electrons. The molecule has 0 unspecified atom stereocenters. The number of hydrogen-bond acceptors (Lipinski definition) is 4. The number of anilines is 1. The van der Waals surface area contributed by atoms with Crippen LogP contribution < -0.4 is 5.73 Å². The molecule has 0 fully saturated rings. The fourth-order valence-electron chi connectivity index (χ4n) is 1.14. The molecule has 2 N–H and O–H groups in total. The van der Waals surface area contributed by atoms with Crippen LogP contribution in [0.25, 0.3) is 0 Å². The highest BCUT2D eigenvalue weighted by Crippen LogP contribution is 2.19. The van der Waals surface area contributed by atoms with Crippen molar-refractivity contribution in [2.75, 3.05) is 5.73 Å². The first-order chi connectivity index (χ1) is 7.16. The van der Waals surface area contributed by atoms with Gasteiger partial charge in [-0.25, -0.2) is 4.98 Å². The molecular formula is C10H7ClN2OS.